The second kappa shape index (κ2) is 9.77. The average Bonchev–Trinajstić information content (AvgIpc) is 3.19. The van der Waals surface area contributed by atoms with Gasteiger partial charge >= 0.3 is 6.09 Å². The molecule has 5 heteroatoms. The predicted molar refractivity (Wildman–Crippen MR) is 139 cm³/mol. The molecule has 1 aromatic heterocycles. The molecular weight excluding hydrogens is 511 g/mol. The number of carbonyl (C=O) groups excluding carboxylic acids is 1. The Hall–Kier alpha value is -2.80. The van der Waals surface area contributed by atoms with Crippen LogP contribution < -0.4 is 4.74 Å². The van der Waals surface area contributed by atoms with Crippen molar-refractivity contribution in [3.63, 3.8) is 0 Å². The molecular formula is C27H27IN2O2. The topological polar surface area (TPSA) is 34.5 Å². The summed E-state index contributed by atoms with van der Waals surface area (Å²) in [5, 5.41) is 1.07. The fourth-order valence-electron chi connectivity index (χ4n) is 3.94. The van der Waals surface area contributed by atoms with E-state index in [1.807, 2.05) is 26.0 Å². The summed E-state index contributed by atoms with van der Waals surface area (Å²) >= 11 is 2.38. The second-order valence-corrected chi connectivity index (χ2v) is 8.98. The number of nitrogens with zero attached hydrogens (tertiary/aromatic N) is 2. The van der Waals surface area contributed by atoms with Gasteiger partial charge < -0.3 is 14.2 Å². The molecule has 0 spiro atoms. The van der Waals surface area contributed by atoms with E-state index in [4.69, 9.17) is 4.74 Å². The third-order valence-corrected chi connectivity index (χ3v) is 6.82. The Morgan fingerprint density at radius 3 is 2.38 bits per heavy atom. The number of ether oxygens (including phenoxy) is 1. The fourth-order valence-corrected chi connectivity index (χ4v) is 4.50. The quantitative estimate of drug-likeness (QED) is 0.245. The number of fused-ring (bicyclic) bond motifs is 1. The van der Waals surface area contributed by atoms with Crippen molar-refractivity contribution < 1.29 is 9.53 Å². The Labute approximate surface area is 202 Å². The van der Waals surface area contributed by atoms with Crippen LogP contribution in [0.1, 0.15) is 25.0 Å². The Bertz CT molecular complexity index is 1240. The maximum atomic E-state index is 12.7. The summed E-state index contributed by atoms with van der Waals surface area (Å²) in [6, 6.07) is 22.9. The first-order valence-electron chi connectivity index (χ1n) is 10.9. The van der Waals surface area contributed by atoms with Crippen LogP contribution in [0.25, 0.3) is 22.0 Å². The van der Waals surface area contributed by atoms with E-state index < -0.39 is 0 Å². The second-order valence-electron chi connectivity index (χ2n) is 7.81. The summed E-state index contributed by atoms with van der Waals surface area (Å²) in [6.07, 6.45) is 1.79. The van der Waals surface area contributed by atoms with Gasteiger partial charge in [0.2, 0.25) is 0 Å². The number of benzene rings is 3. The lowest BCUT2D eigenvalue weighted by atomic mass is 9.99. The van der Waals surface area contributed by atoms with Crippen molar-refractivity contribution >= 4 is 39.6 Å². The molecule has 0 fully saturated rings. The third kappa shape index (κ3) is 4.53. The van der Waals surface area contributed by atoms with Crippen molar-refractivity contribution in [3.05, 3.63) is 87.6 Å². The van der Waals surface area contributed by atoms with Gasteiger partial charge in [-0.3, -0.25) is 0 Å². The molecule has 0 saturated carbocycles. The molecule has 0 atom stereocenters. The van der Waals surface area contributed by atoms with Gasteiger partial charge in [0.05, 0.1) is 0 Å². The molecule has 1 amide bonds. The first-order chi connectivity index (χ1) is 15.5. The molecule has 0 unspecified atom stereocenters. The Morgan fingerprint density at radius 1 is 0.969 bits per heavy atom. The van der Waals surface area contributed by atoms with E-state index in [-0.39, 0.29) is 6.09 Å². The average molecular weight is 538 g/mol. The highest BCUT2D eigenvalue weighted by atomic mass is 127. The standard InChI is InChI=1S/C27H27IN2O2/c1-4-29(5-2)27(31)32-25-15-14-24-22(26(25)20-12-10-19(3)11-13-20)16-17-30(24)18-21-8-6-7-9-23(21)28/h6-17H,4-5,18H2,1-3H3. The lowest BCUT2D eigenvalue weighted by Gasteiger charge is -2.20. The lowest BCUT2D eigenvalue weighted by Crippen LogP contribution is -2.33. The minimum Gasteiger partial charge on any atom is -0.410 e. The third-order valence-electron chi connectivity index (χ3n) is 5.77. The molecule has 4 nitrogen and oxygen atoms in total. The summed E-state index contributed by atoms with van der Waals surface area (Å²) in [6.45, 7) is 8.00. The van der Waals surface area contributed by atoms with E-state index in [2.05, 4.69) is 94.9 Å². The number of aromatic nitrogens is 1. The molecule has 0 radical (unpaired) electrons. The van der Waals surface area contributed by atoms with Gasteiger partial charge in [-0.2, -0.15) is 0 Å². The van der Waals surface area contributed by atoms with E-state index in [9.17, 15) is 4.79 Å². The van der Waals surface area contributed by atoms with Crippen molar-refractivity contribution in [3.8, 4) is 16.9 Å². The first-order valence-corrected chi connectivity index (χ1v) is 12.0. The SMILES string of the molecule is CCN(CC)C(=O)Oc1ccc2c(ccn2Cc2ccccc2I)c1-c1ccc(C)cc1. The number of aryl methyl sites for hydroxylation is 1. The van der Waals surface area contributed by atoms with Gasteiger partial charge in [0.25, 0.3) is 0 Å². The van der Waals surface area contributed by atoms with Crippen molar-refractivity contribution in [1.82, 2.24) is 9.47 Å². The molecule has 164 valence electrons. The van der Waals surface area contributed by atoms with Gasteiger partial charge in [-0.15, -0.1) is 0 Å². The summed E-state index contributed by atoms with van der Waals surface area (Å²) in [7, 11) is 0. The van der Waals surface area contributed by atoms with Crippen LogP contribution in [0.5, 0.6) is 5.75 Å². The molecule has 32 heavy (non-hydrogen) atoms. The maximum absolute atomic E-state index is 12.7. The minimum absolute atomic E-state index is 0.319. The molecule has 0 saturated heterocycles. The lowest BCUT2D eigenvalue weighted by molar-refractivity contribution is 0.157. The fraction of sp³-hybridized carbons (Fsp3) is 0.222. The largest absolute Gasteiger partial charge is 0.415 e. The Morgan fingerprint density at radius 2 is 1.69 bits per heavy atom. The number of rotatable bonds is 6. The van der Waals surface area contributed by atoms with Gasteiger partial charge in [-0.1, -0.05) is 48.0 Å². The first kappa shape index (κ1) is 22.4. The zero-order chi connectivity index (χ0) is 22.7. The Kier molecular flexibility index (Phi) is 6.84. The minimum atomic E-state index is -0.319. The molecule has 0 aliphatic heterocycles. The van der Waals surface area contributed by atoms with E-state index in [0.717, 1.165) is 28.6 Å². The smallest absolute Gasteiger partial charge is 0.410 e. The number of halogens is 1. The van der Waals surface area contributed by atoms with Crippen molar-refractivity contribution in [1.29, 1.82) is 0 Å². The molecule has 3 aromatic carbocycles. The van der Waals surface area contributed by atoms with Gasteiger partial charge in [-0.05, 0) is 78.8 Å². The monoisotopic (exact) mass is 538 g/mol. The normalized spacial score (nSPS) is 11.0. The van der Waals surface area contributed by atoms with Crippen molar-refractivity contribution in [2.75, 3.05) is 13.1 Å². The molecule has 0 aliphatic rings. The molecule has 4 aromatic rings. The van der Waals surface area contributed by atoms with Crippen LogP contribution in [0.4, 0.5) is 4.79 Å². The van der Waals surface area contributed by atoms with Gasteiger partial charge in [0, 0.05) is 45.9 Å². The summed E-state index contributed by atoms with van der Waals surface area (Å²) < 4.78 is 9.40. The molecule has 0 aliphatic carbocycles. The van der Waals surface area contributed by atoms with E-state index in [1.54, 1.807) is 4.90 Å². The van der Waals surface area contributed by atoms with Crippen molar-refractivity contribution in [2.45, 2.75) is 27.3 Å². The van der Waals surface area contributed by atoms with Crippen LogP contribution in [-0.2, 0) is 6.54 Å². The summed E-state index contributed by atoms with van der Waals surface area (Å²) in [5.41, 5.74) is 5.57. The number of carbonyl (C=O) groups is 1. The molecule has 0 bridgehead atoms. The number of hydrogen-bond acceptors (Lipinski definition) is 2. The van der Waals surface area contributed by atoms with E-state index in [1.165, 1.54) is 14.7 Å². The van der Waals surface area contributed by atoms with E-state index in [0.29, 0.717) is 18.8 Å². The zero-order valence-electron chi connectivity index (χ0n) is 18.6. The van der Waals surface area contributed by atoms with Crippen LogP contribution in [0.15, 0.2) is 72.9 Å². The van der Waals surface area contributed by atoms with Crippen LogP contribution in [0.2, 0.25) is 0 Å². The van der Waals surface area contributed by atoms with Gasteiger partial charge in [0.15, 0.2) is 0 Å². The maximum Gasteiger partial charge on any atom is 0.415 e. The van der Waals surface area contributed by atoms with Crippen LogP contribution in [0, 0.1) is 10.5 Å². The molecule has 0 N–H and O–H groups in total. The highest BCUT2D eigenvalue weighted by molar-refractivity contribution is 14.1. The van der Waals surface area contributed by atoms with Crippen molar-refractivity contribution in [2.24, 2.45) is 0 Å². The zero-order valence-corrected chi connectivity index (χ0v) is 20.8. The highest BCUT2D eigenvalue weighted by Gasteiger charge is 2.19. The predicted octanol–water partition coefficient (Wildman–Crippen LogP) is 7.11. The van der Waals surface area contributed by atoms with Crippen LogP contribution in [-0.4, -0.2) is 28.6 Å². The van der Waals surface area contributed by atoms with E-state index >= 15 is 0 Å². The van der Waals surface area contributed by atoms with Crippen LogP contribution in [0.3, 0.4) is 0 Å². The van der Waals surface area contributed by atoms with Crippen LogP contribution >= 0.6 is 22.6 Å². The molecule has 4 rings (SSSR count). The van der Waals surface area contributed by atoms with Gasteiger partial charge in [0.1, 0.15) is 5.75 Å². The number of hydrogen-bond donors (Lipinski definition) is 0. The summed E-state index contributed by atoms with van der Waals surface area (Å²) in [5.74, 6) is 0.588. The summed E-state index contributed by atoms with van der Waals surface area (Å²) in [4.78, 5) is 14.4. The number of amides is 1. The molecule has 1 heterocycles. The van der Waals surface area contributed by atoms with Gasteiger partial charge in [-0.25, -0.2) is 4.79 Å². The Balaban J connectivity index is 1.82. The highest BCUT2D eigenvalue weighted by Crippen LogP contribution is 2.38.